The Morgan fingerprint density at radius 2 is 1.44 bits per heavy atom. The van der Waals surface area contributed by atoms with E-state index < -0.39 is 11.9 Å². The standard InChI is InChI=1S/C30H23ClO5/c31-25-13-7-8-14-26(25)35-28-21-23(15-17-27(28)36-30(33)24-11-5-2-6-12-24)16-18-29(32)34-20-19-22-9-3-1-4-10-22/h1-18,21H,19-20H2/b18-16-. The molecule has 180 valence electrons. The topological polar surface area (TPSA) is 61.8 Å². The molecule has 36 heavy (non-hydrogen) atoms. The Hall–Kier alpha value is -4.35. The summed E-state index contributed by atoms with van der Waals surface area (Å²) in [4.78, 5) is 24.8. The Bertz CT molecular complexity index is 1350. The molecule has 0 radical (unpaired) electrons. The summed E-state index contributed by atoms with van der Waals surface area (Å²) in [7, 11) is 0. The van der Waals surface area contributed by atoms with Gasteiger partial charge in [0.2, 0.25) is 0 Å². The van der Waals surface area contributed by atoms with E-state index in [1.165, 1.54) is 6.08 Å². The summed E-state index contributed by atoms with van der Waals surface area (Å²) in [6, 6.07) is 30.4. The number of hydrogen-bond acceptors (Lipinski definition) is 5. The number of carbonyl (C=O) groups excluding carboxylic acids is 2. The van der Waals surface area contributed by atoms with E-state index in [0.29, 0.717) is 28.3 Å². The van der Waals surface area contributed by atoms with Crippen molar-refractivity contribution in [2.75, 3.05) is 6.61 Å². The monoisotopic (exact) mass is 498 g/mol. The van der Waals surface area contributed by atoms with Crippen LogP contribution in [0.25, 0.3) is 6.08 Å². The van der Waals surface area contributed by atoms with Crippen LogP contribution in [-0.4, -0.2) is 18.5 Å². The van der Waals surface area contributed by atoms with Gasteiger partial charge in [-0.1, -0.05) is 78.3 Å². The van der Waals surface area contributed by atoms with E-state index in [-0.39, 0.29) is 18.1 Å². The molecule has 6 heteroatoms. The van der Waals surface area contributed by atoms with Crippen molar-refractivity contribution >= 4 is 29.6 Å². The van der Waals surface area contributed by atoms with E-state index in [4.69, 9.17) is 25.8 Å². The normalized spacial score (nSPS) is 10.7. The number of esters is 2. The van der Waals surface area contributed by atoms with Gasteiger partial charge < -0.3 is 14.2 Å². The van der Waals surface area contributed by atoms with Gasteiger partial charge in [0.1, 0.15) is 5.75 Å². The lowest BCUT2D eigenvalue weighted by Gasteiger charge is -2.13. The Balaban J connectivity index is 1.48. The van der Waals surface area contributed by atoms with Crippen LogP contribution in [0.15, 0.2) is 109 Å². The summed E-state index contributed by atoms with van der Waals surface area (Å²) in [5.41, 5.74) is 2.15. The molecule has 0 aromatic heterocycles. The SMILES string of the molecule is O=C(/C=C\c1ccc(OC(=O)c2ccccc2)c(Oc2ccccc2Cl)c1)OCCc1ccccc1. The van der Waals surface area contributed by atoms with Crippen LogP contribution >= 0.6 is 11.6 Å². The maximum Gasteiger partial charge on any atom is 0.343 e. The van der Waals surface area contributed by atoms with Crippen LogP contribution in [0.2, 0.25) is 5.02 Å². The fourth-order valence-electron chi connectivity index (χ4n) is 3.30. The van der Waals surface area contributed by atoms with Crippen molar-refractivity contribution in [2.45, 2.75) is 6.42 Å². The Morgan fingerprint density at radius 3 is 2.19 bits per heavy atom. The van der Waals surface area contributed by atoms with E-state index in [1.807, 2.05) is 36.4 Å². The second-order valence-corrected chi connectivity index (χ2v) is 8.14. The second-order valence-electron chi connectivity index (χ2n) is 7.73. The minimum absolute atomic E-state index is 0.214. The molecule has 0 spiro atoms. The Kier molecular flexibility index (Phi) is 8.52. The molecule has 0 atom stereocenters. The molecule has 4 aromatic rings. The summed E-state index contributed by atoms with van der Waals surface area (Å²) in [6.45, 7) is 0.280. The van der Waals surface area contributed by atoms with E-state index in [9.17, 15) is 9.59 Å². The van der Waals surface area contributed by atoms with E-state index in [0.717, 1.165) is 5.56 Å². The van der Waals surface area contributed by atoms with Crippen LogP contribution in [0.3, 0.4) is 0 Å². The van der Waals surface area contributed by atoms with Gasteiger partial charge in [-0.2, -0.15) is 0 Å². The maximum absolute atomic E-state index is 12.6. The largest absolute Gasteiger partial charge is 0.462 e. The first-order valence-corrected chi connectivity index (χ1v) is 11.7. The number of carbonyl (C=O) groups is 2. The Labute approximate surface area is 214 Å². The number of ether oxygens (including phenoxy) is 3. The number of rotatable bonds is 9. The van der Waals surface area contributed by atoms with Crippen LogP contribution in [-0.2, 0) is 16.0 Å². The van der Waals surface area contributed by atoms with E-state index >= 15 is 0 Å². The molecule has 0 saturated heterocycles. The zero-order chi connectivity index (χ0) is 25.2. The minimum Gasteiger partial charge on any atom is -0.462 e. The second kappa shape index (κ2) is 12.4. The van der Waals surface area contributed by atoms with Crippen LogP contribution < -0.4 is 9.47 Å². The number of hydrogen-bond donors (Lipinski definition) is 0. The fourth-order valence-corrected chi connectivity index (χ4v) is 3.47. The molecule has 0 N–H and O–H groups in total. The van der Waals surface area contributed by atoms with Gasteiger partial charge in [-0.3, -0.25) is 0 Å². The number of benzene rings is 4. The van der Waals surface area contributed by atoms with Gasteiger partial charge in [-0.15, -0.1) is 0 Å². The minimum atomic E-state index is -0.523. The average molecular weight is 499 g/mol. The van der Waals surface area contributed by atoms with Crippen LogP contribution in [0.1, 0.15) is 21.5 Å². The zero-order valence-electron chi connectivity index (χ0n) is 19.3. The fraction of sp³-hybridized carbons (Fsp3) is 0.0667. The predicted octanol–water partition coefficient (Wildman–Crippen LogP) is 7.15. The van der Waals surface area contributed by atoms with Crippen molar-refractivity contribution in [1.29, 1.82) is 0 Å². The highest BCUT2D eigenvalue weighted by Crippen LogP contribution is 2.36. The number of halogens is 1. The van der Waals surface area contributed by atoms with Crippen molar-refractivity contribution in [3.05, 3.63) is 131 Å². The first kappa shape index (κ1) is 24.8. The third-order valence-electron chi connectivity index (χ3n) is 5.13. The van der Waals surface area contributed by atoms with Crippen molar-refractivity contribution in [3.8, 4) is 17.2 Å². The molecule has 0 saturated carbocycles. The summed E-state index contributed by atoms with van der Waals surface area (Å²) >= 11 is 6.26. The average Bonchev–Trinajstić information content (AvgIpc) is 2.91. The lowest BCUT2D eigenvalue weighted by atomic mass is 10.1. The highest BCUT2D eigenvalue weighted by atomic mass is 35.5. The lowest BCUT2D eigenvalue weighted by molar-refractivity contribution is -0.137. The van der Waals surface area contributed by atoms with Crippen molar-refractivity contribution in [3.63, 3.8) is 0 Å². The molecular weight excluding hydrogens is 476 g/mol. The van der Waals surface area contributed by atoms with Crippen molar-refractivity contribution < 1.29 is 23.8 Å². The molecule has 4 rings (SSSR count). The zero-order valence-corrected chi connectivity index (χ0v) is 20.1. The molecular formula is C30H23ClO5. The van der Waals surface area contributed by atoms with Crippen LogP contribution in [0.4, 0.5) is 0 Å². The van der Waals surface area contributed by atoms with Gasteiger partial charge in [0, 0.05) is 12.5 Å². The maximum atomic E-state index is 12.6. The van der Waals surface area contributed by atoms with Gasteiger partial charge in [-0.25, -0.2) is 9.59 Å². The molecule has 0 amide bonds. The van der Waals surface area contributed by atoms with Crippen molar-refractivity contribution in [1.82, 2.24) is 0 Å². The molecule has 0 aliphatic rings. The van der Waals surface area contributed by atoms with Gasteiger partial charge in [0.05, 0.1) is 17.2 Å². The van der Waals surface area contributed by atoms with Gasteiger partial charge >= 0.3 is 11.9 Å². The van der Waals surface area contributed by atoms with Gasteiger partial charge in [-0.05, 0) is 53.6 Å². The first-order valence-electron chi connectivity index (χ1n) is 11.3. The van der Waals surface area contributed by atoms with Crippen LogP contribution in [0.5, 0.6) is 17.2 Å². The highest BCUT2D eigenvalue weighted by Gasteiger charge is 2.15. The quantitative estimate of drug-likeness (QED) is 0.139. The lowest BCUT2D eigenvalue weighted by Crippen LogP contribution is -2.09. The summed E-state index contributed by atoms with van der Waals surface area (Å²) in [5, 5.41) is 0.403. The number of para-hydroxylation sites is 1. The molecule has 5 nitrogen and oxygen atoms in total. The third-order valence-corrected chi connectivity index (χ3v) is 5.44. The first-order chi connectivity index (χ1) is 17.6. The van der Waals surface area contributed by atoms with Gasteiger partial charge in [0.25, 0.3) is 0 Å². The van der Waals surface area contributed by atoms with E-state index in [2.05, 4.69) is 0 Å². The predicted molar refractivity (Wildman–Crippen MR) is 140 cm³/mol. The molecule has 4 aromatic carbocycles. The van der Waals surface area contributed by atoms with Crippen molar-refractivity contribution in [2.24, 2.45) is 0 Å². The molecule has 0 fully saturated rings. The summed E-state index contributed by atoms with van der Waals surface area (Å²) in [6.07, 6.45) is 3.58. The van der Waals surface area contributed by atoms with E-state index in [1.54, 1.807) is 72.8 Å². The molecule has 0 aliphatic carbocycles. The van der Waals surface area contributed by atoms with Crippen LogP contribution in [0, 0.1) is 0 Å². The molecule has 0 bridgehead atoms. The highest BCUT2D eigenvalue weighted by molar-refractivity contribution is 6.32. The smallest absolute Gasteiger partial charge is 0.343 e. The summed E-state index contributed by atoms with van der Waals surface area (Å²) in [5.74, 6) is -0.0973. The molecule has 0 unspecified atom stereocenters. The van der Waals surface area contributed by atoms with Gasteiger partial charge in [0.15, 0.2) is 11.5 Å². The molecule has 0 heterocycles. The molecule has 0 aliphatic heterocycles. The summed E-state index contributed by atoms with van der Waals surface area (Å²) < 4.78 is 16.9. The Morgan fingerprint density at radius 1 is 0.750 bits per heavy atom. The third kappa shape index (κ3) is 7.08.